The molecule has 0 aromatic heterocycles. The van der Waals surface area contributed by atoms with Crippen LogP contribution in [0.5, 0.6) is 0 Å². The van der Waals surface area contributed by atoms with Crippen LogP contribution in [0.1, 0.15) is 46.5 Å². The average molecular weight is 214 g/mol. The quantitative estimate of drug-likeness (QED) is 0.582. The fourth-order valence-corrected chi connectivity index (χ4v) is 1.85. The van der Waals surface area contributed by atoms with E-state index in [1.165, 1.54) is 38.8 Å². The molecule has 0 heterocycles. The molecule has 0 rings (SSSR count). The van der Waals surface area contributed by atoms with Crippen LogP contribution in [0.25, 0.3) is 0 Å². The third-order valence-corrected chi connectivity index (χ3v) is 3.34. The lowest BCUT2D eigenvalue weighted by atomic mass is 10.1. The molecule has 92 valence electrons. The Bertz CT molecular complexity index is 136. The van der Waals surface area contributed by atoms with Crippen molar-refractivity contribution in [3.63, 3.8) is 0 Å². The largest absolute Gasteiger partial charge is 0.307 e. The number of nitrogens with zero attached hydrogens (tertiary/aromatic N) is 2. The molecule has 2 nitrogen and oxygen atoms in total. The molecule has 0 radical (unpaired) electrons. The smallest absolute Gasteiger partial charge is 0.0102 e. The third kappa shape index (κ3) is 6.91. The summed E-state index contributed by atoms with van der Waals surface area (Å²) in [5.41, 5.74) is 0. The molecule has 0 bridgehead atoms. The number of hydrogen-bond donors (Lipinski definition) is 0. The summed E-state index contributed by atoms with van der Waals surface area (Å²) in [6.07, 6.45) is 5.21. The van der Waals surface area contributed by atoms with Gasteiger partial charge in [-0.05, 0) is 53.0 Å². The highest BCUT2D eigenvalue weighted by Crippen LogP contribution is 2.08. The van der Waals surface area contributed by atoms with Crippen molar-refractivity contribution in [1.29, 1.82) is 0 Å². The third-order valence-electron chi connectivity index (χ3n) is 3.34. The fraction of sp³-hybridized carbons (Fsp3) is 1.00. The van der Waals surface area contributed by atoms with Crippen LogP contribution >= 0.6 is 0 Å². The molecule has 0 aromatic carbocycles. The van der Waals surface area contributed by atoms with Crippen LogP contribution < -0.4 is 0 Å². The maximum absolute atomic E-state index is 2.53. The summed E-state index contributed by atoms with van der Waals surface area (Å²) in [5, 5.41) is 0. The molecule has 0 aliphatic carbocycles. The number of hydrogen-bond acceptors (Lipinski definition) is 2. The van der Waals surface area contributed by atoms with Crippen molar-refractivity contribution in [2.45, 2.75) is 52.5 Å². The minimum absolute atomic E-state index is 0.769. The lowest BCUT2D eigenvalue weighted by molar-refractivity contribution is 0.199. The topological polar surface area (TPSA) is 6.48 Å². The van der Waals surface area contributed by atoms with Crippen LogP contribution in [0, 0.1) is 0 Å². The molecule has 0 fully saturated rings. The molecule has 0 amide bonds. The molecule has 2 heteroatoms. The lowest BCUT2D eigenvalue weighted by Gasteiger charge is -2.28. The predicted molar refractivity (Wildman–Crippen MR) is 69.4 cm³/mol. The van der Waals surface area contributed by atoms with Crippen LogP contribution in [-0.2, 0) is 0 Å². The minimum Gasteiger partial charge on any atom is -0.307 e. The SMILES string of the molecule is CCCCN(C)C(CC)CCN(C)CC. The van der Waals surface area contributed by atoms with Crippen molar-refractivity contribution in [2.24, 2.45) is 0 Å². The summed E-state index contributed by atoms with van der Waals surface area (Å²) in [6.45, 7) is 10.4. The van der Waals surface area contributed by atoms with E-state index < -0.39 is 0 Å². The van der Waals surface area contributed by atoms with E-state index in [9.17, 15) is 0 Å². The summed E-state index contributed by atoms with van der Waals surface area (Å²) < 4.78 is 0. The maximum atomic E-state index is 2.53. The van der Waals surface area contributed by atoms with Crippen LogP contribution in [0.15, 0.2) is 0 Å². The Morgan fingerprint density at radius 3 is 2.13 bits per heavy atom. The van der Waals surface area contributed by atoms with Crippen molar-refractivity contribution >= 4 is 0 Å². The highest BCUT2D eigenvalue weighted by molar-refractivity contribution is 4.68. The zero-order chi connectivity index (χ0) is 11.7. The fourth-order valence-electron chi connectivity index (χ4n) is 1.85. The highest BCUT2D eigenvalue weighted by Gasteiger charge is 2.12. The normalized spacial score (nSPS) is 13.8. The molecule has 1 atom stereocenters. The first-order chi connectivity index (χ1) is 7.15. The second-order valence-corrected chi connectivity index (χ2v) is 4.58. The van der Waals surface area contributed by atoms with E-state index in [4.69, 9.17) is 0 Å². The van der Waals surface area contributed by atoms with E-state index in [-0.39, 0.29) is 0 Å². The molecule has 0 spiro atoms. The zero-order valence-electron chi connectivity index (χ0n) is 11.4. The van der Waals surface area contributed by atoms with Gasteiger partial charge in [-0.3, -0.25) is 0 Å². The summed E-state index contributed by atoms with van der Waals surface area (Å²) in [6, 6.07) is 0.769. The van der Waals surface area contributed by atoms with Gasteiger partial charge in [-0.2, -0.15) is 0 Å². The molecule has 0 aliphatic rings. The minimum atomic E-state index is 0.769. The number of unbranched alkanes of at least 4 members (excludes halogenated alkanes) is 1. The Labute approximate surface area is 96.6 Å². The molecule has 1 unspecified atom stereocenters. The second kappa shape index (κ2) is 9.17. The van der Waals surface area contributed by atoms with Gasteiger partial charge in [0.1, 0.15) is 0 Å². The number of rotatable bonds is 9. The Morgan fingerprint density at radius 1 is 1.00 bits per heavy atom. The summed E-state index contributed by atoms with van der Waals surface area (Å²) in [7, 11) is 4.48. The van der Waals surface area contributed by atoms with Gasteiger partial charge in [0.2, 0.25) is 0 Å². The van der Waals surface area contributed by atoms with E-state index in [0.717, 1.165) is 12.6 Å². The van der Waals surface area contributed by atoms with E-state index in [0.29, 0.717) is 0 Å². The first-order valence-corrected chi connectivity index (χ1v) is 6.54. The Morgan fingerprint density at radius 2 is 1.67 bits per heavy atom. The molecule has 15 heavy (non-hydrogen) atoms. The van der Waals surface area contributed by atoms with Crippen LogP contribution in [0.4, 0.5) is 0 Å². The monoisotopic (exact) mass is 214 g/mol. The Hall–Kier alpha value is -0.0800. The maximum Gasteiger partial charge on any atom is 0.0102 e. The van der Waals surface area contributed by atoms with Crippen molar-refractivity contribution < 1.29 is 0 Å². The zero-order valence-corrected chi connectivity index (χ0v) is 11.4. The van der Waals surface area contributed by atoms with Gasteiger partial charge in [-0.1, -0.05) is 27.2 Å². The van der Waals surface area contributed by atoms with Gasteiger partial charge in [0.15, 0.2) is 0 Å². The predicted octanol–water partition coefficient (Wildman–Crippen LogP) is 2.84. The summed E-state index contributed by atoms with van der Waals surface area (Å²) in [4.78, 5) is 4.93. The van der Waals surface area contributed by atoms with Crippen molar-refractivity contribution in [2.75, 3.05) is 33.7 Å². The first kappa shape index (κ1) is 14.9. The molecular formula is C13H30N2. The van der Waals surface area contributed by atoms with Gasteiger partial charge < -0.3 is 9.80 Å². The standard InChI is InChI=1S/C13H30N2/c1-6-9-11-15(5)13(7-2)10-12-14(4)8-3/h13H,6-12H2,1-5H3. The summed E-state index contributed by atoms with van der Waals surface area (Å²) >= 11 is 0. The molecule has 0 saturated heterocycles. The highest BCUT2D eigenvalue weighted by atomic mass is 15.1. The van der Waals surface area contributed by atoms with E-state index in [1.54, 1.807) is 0 Å². The first-order valence-electron chi connectivity index (χ1n) is 6.54. The van der Waals surface area contributed by atoms with E-state index in [2.05, 4.69) is 44.7 Å². The van der Waals surface area contributed by atoms with Gasteiger partial charge in [-0.15, -0.1) is 0 Å². The van der Waals surface area contributed by atoms with Crippen LogP contribution in [0.3, 0.4) is 0 Å². The van der Waals surface area contributed by atoms with Crippen LogP contribution in [-0.4, -0.2) is 49.6 Å². The van der Waals surface area contributed by atoms with Gasteiger partial charge >= 0.3 is 0 Å². The molecule has 0 aromatic rings. The Balaban J connectivity index is 3.79. The average Bonchev–Trinajstić information content (AvgIpc) is 2.26. The molecule has 0 saturated carbocycles. The van der Waals surface area contributed by atoms with E-state index in [1.807, 2.05) is 0 Å². The molecular weight excluding hydrogens is 184 g/mol. The van der Waals surface area contributed by atoms with Gasteiger partial charge in [0.05, 0.1) is 0 Å². The van der Waals surface area contributed by atoms with Gasteiger partial charge in [0, 0.05) is 6.04 Å². The van der Waals surface area contributed by atoms with E-state index >= 15 is 0 Å². The summed E-state index contributed by atoms with van der Waals surface area (Å²) in [5.74, 6) is 0. The van der Waals surface area contributed by atoms with Crippen LogP contribution in [0.2, 0.25) is 0 Å². The lowest BCUT2D eigenvalue weighted by Crippen LogP contribution is -2.35. The Kier molecular flexibility index (Phi) is 9.12. The van der Waals surface area contributed by atoms with Crippen molar-refractivity contribution in [3.8, 4) is 0 Å². The second-order valence-electron chi connectivity index (χ2n) is 4.58. The van der Waals surface area contributed by atoms with Gasteiger partial charge in [-0.25, -0.2) is 0 Å². The molecule has 0 N–H and O–H groups in total. The van der Waals surface area contributed by atoms with Crippen molar-refractivity contribution in [1.82, 2.24) is 9.80 Å². The van der Waals surface area contributed by atoms with Crippen molar-refractivity contribution in [3.05, 3.63) is 0 Å². The van der Waals surface area contributed by atoms with Gasteiger partial charge in [0.25, 0.3) is 0 Å². The molecule has 0 aliphatic heterocycles.